The maximum atomic E-state index is 5.78. The molecule has 1 fully saturated rings. The van der Waals surface area contributed by atoms with Crippen LogP contribution in [0.25, 0.3) is 0 Å². The van der Waals surface area contributed by atoms with Gasteiger partial charge in [-0.05, 0) is 10.4 Å². The maximum absolute atomic E-state index is 5.78. The minimum Gasteiger partial charge on any atom is -0.391 e. The zero-order valence-corrected chi connectivity index (χ0v) is 16.7. The summed E-state index contributed by atoms with van der Waals surface area (Å²) in [6.45, 7) is 0. The molecule has 0 unspecified atom stereocenters. The molecular weight excluding hydrogens is 316 g/mol. The molecule has 0 spiro atoms. The van der Waals surface area contributed by atoms with E-state index in [0.717, 1.165) is 10.4 Å². The summed E-state index contributed by atoms with van der Waals surface area (Å²) >= 11 is 0. The minimum absolute atomic E-state index is 0.508. The fourth-order valence-electron chi connectivity index (χ4n) is 3.10. The highest BCUT2D eigenvalue weighted by Gasteiger charge is 2.40. The summed E-state index contributed by atoms with van der Waals surface area (Å²) in [5.41, 5.74) is 0. The first-order valence-electron chi connectivity index (χ1n) is 8.55. The van der Waals surface area contributed by atoms with E-state index in [4.69, 9.17) is 8.85 Å². The van der Waals surface area contributed by atoms with Crippen molar-refractivity contribution in [3.8, 4) is 0 Å². The van der Waals surface area contributed by atoms with Gasteiger partial charge in [-0.25, -0.2) is 0 Å². The Morgan fingerprint density at radius 1 is 0.696 bits per heavy atom. The van der Waals surface area contributed by atoms with Gasteiger partial charge in [0.25, 0.3) is 0 Å². The van der Waals surface area contributed by atoms with Crippen molar-refractivity contribution in [3.63, 3.8) is 0 Å². The van der Waals surface area contributed by atoms with Crippen molar-refractivity contribution >= 4 is 28.5 Å². The van der Waals surface area contributed by atoms with Crippen molar-refractivity contribution in [2.24, 2.45) is 0 Å². The molecule has 0 atom stereocenters. The first kappa shape index (κ1) is 18.1. The van der Waals surface area contributed by atoms with Gasteiger partial charge in [0, 0.05) is 23.7 Å². The molecule has 3 rings (SSSR count). The van der Waals surface area contributed by atoms with Gasteiger partial charge in [0.05, 0.1) is 0 Å². The van der Waals surface area contributed by atoms with Crippen LogP contribution < -0.4 is 10.4 Å². The van der Waals surface area contributed by atoms with E-state index in [1.807, 2.05) is 36.4 Å². The predicted molar refractivity (Wildman–Crippen MR) is 104 cm³/mol. The van der Waals surface area contributed by atoms with E-state index in [1.165, 1.54) is 6.42 Å². The van der Waals surface area contributed by atoms with Gasteiger partial charge in [-0.2, -0.15) is 0 Å². The lowest BCUT2D eigenvalue weighted by molar-refractivity contribution is 0.272. The van der Waals surface area contributed by atoms with Crippen LogP contribution in [-0.2, 0) is 8.85 Å². The van der Waals surface area contributed by atoms with Crippen molar-refractivity contribution in [1.82, 2.24) is 0 Å². The second kappa shape index (κ2) is 9.83. The molecule has 0 radical (unpaired) electrons. The highest BCUT2D eigenvalue weighted by atomic mass is 28.4. The molecule has 0 amide bonds. The van der Waals surface area contributed by atoms with Crippen molar-refractivity contribution < 1.29 is 8.85 Å². The summed E-state index contributed by atoms with van der Waals surface area (Å²) in [7, 11) is 1.45. The van der Waals surface area contributed by atoms with Crippen molar-refractivity contribution in [1.29, 1.82) is 0 Å². The fraction of sp³-hybridized carbons (Fsp3) is 0.368. The summed E-state index contributed by atoms with van der Waals surface area (Å²) < 4.78 is 11.6. The van der Waals surface area contributed by atoms with Crippen molar-refractivity contribution in [2.75, 3.05) is 14.2 Å². The highest BCUT2D eigenvalue weighted by molar-refractivity contribution is 6.92. The fourth-order valence-corrected chi connectivity index (χ4v) is 7.57. The highest BCUT2D eigenvalue weighted by Crippen LogP contribution is 2.10. The Bertz CT molecular complexity index is 485. The Morgan fingerprint density at radius 3 is 1.39 bits per heavy atom. The molecule has 0 aliphatic carbocycles. The summed E-state index contributed by atoms with van der Waals surface area (Å²) in [5, 5.41) is 2.24. The molecule has 0 saturated carbocycles. The van der Waals surface area contributed by atoms with Gasteiger partial charge in [0.1, 0.15) is 0 Å². The molecule has 2 nitrogen and oxygen atoms in total. The molecule has 1 saturated heterocycles. The molecule has 23 heavy (non-hydrogen) atoms. The topological polar surface area (TPSA) is 18.5 Å². The zero-order chi connectivity index (χ0) is 16.4. The van der Waals surface area contributed by atoms with Crippen LogP contribution in [0.5, 0.6) is 0 Å². The molecule has 0 aromatic heterocycles. The summed E-state index contributed by atoms with van der Waals surface area (Å²) in [6, 6.07) is 23.6. The van der Waals surface area contributed by atoms with Crippen LogP contribution in [0, 0.1) is 0 Å². The molecule has 2 aromatic rings. The van der Waals surface area contributed by atoms with Crippen LogP contribution >= 0.6 is 0 Å². The van der Waals surface area contributed by atoms with E-state index >= 15 is 0 Å². The lowest BCUT2D eigenvalue weighted by Gasteiger charge is -2.27. The van der Waals surface area contributed by atoms with Crippen LogP contribution in [-0.4, -0.2) is 32.3 Å². The van der Waals surface area contributed by atoms with Crippen molar-refractivity contribution in [3.05, 3.63) is 60.7 Å². The van der Waals surface area contributed by atoms with E-state index in [-0.39, 0.29) is 0 Å². The van der Waals surface area contributed by atoms with E-state index in [9.17, 15) is 0 Å². The Balaban J connectivity index is 0.000000268. The normalized spacial score (nSPS) is 14.7. The second-order valence-electron chi connectivity index (χ2n) is 5.88. The molecule has 4 heteroatoms. The number of hydrogen-bond donors (Lipinski definition) is 0. The van der Waals surface area contributed by atoms with E-state index < -0.39 is 8.56 Å². The summed E-state index contributed by atoms with van der Waals surface area (Å²) in [4.78, 5) is 0. The maximum Gasteiger partial charge on any atom is 0.406 e. The third kappa shape index (κ3) is 4.88. The molecule has 124 valence electrons. The van der Waals surface area contributed by atoms with Crippen LogP contribution in [0.2, 0.25) is 12.1 Å². The minimum atomic E-state index is -2.50. The van der Waals surface area contributed by atoms with E-state index in [0.29, 0.717) is 9.52 Å². The largest absolute Gasteiger partial charge is 0.406 e. The number of benzene rings is 2. The van der Waals surface area contributed by atoms with Crippen LogP contribution in [0.4, 0.5) is 0 Å². The summed E-state index contributed by atoms with van der Waals surface area (Å²) in [5.74, 6) is 0. The lowest BCUT2D eigenvalue weighted by Crippen LogP contribution is -2.62. The Labute approximate surface area is 143 Å². The first-order chi connectivity index (χ1) is 11.3. The van der Waals surface area contributed by atoms with Gasteiger partial charge in [-0.3, -0.25) is 0 Å². The molecule has 1 aliphatic heterocycles. The molecule has 0 bridgehead atoms. The van der Waals surface area contributed by atoms with Crippen LogP contribution in [0.3, 0.4) is 0 Å². The average Bonchev–Trinajstić information content (AvgIpc) is 2.67. The standard InChI is InChI=1S/C14H16O2Si.C5H12Si/c1-15-17(16-2,13-9-5-3-6-10-13)14-11-7-4-8-12-14;1-2-4-6-5-3-1/h3-12H,1-2H3;1-6H2. The van der Waals surface area contributed by atoms with Gasteiger partial charge >= 0.3 is 8.56 Å². The van der Waals surface area contributed by atoms with Gasteiger partial charge in [0.2, 0.25) is 0 Å². The number of hydrogen-bond acceptors (Lipinski definition) is 2. The molecule has 1 heterocycles. The quantitative estimate of drug-likeness (QED) is 0.794. The van der Waals surface area contributed by atoms with Crippen LogP contribution in [0.1, 0.15) is 19.3 Å². The van der Waals surface area contributed by atoms with E-state index in [1.54, 1.807) is 39.1 Å². The SMILES string of the molecule is C1CC[SiH2]CC1.CO[Si](OC)(c1ccccc1)c1ccccc1. The third-order valence-electron chi connectivity index (χ3n) is 4.38. The van der Waals surface area contributed by atoms with Gasteiger partial charge in [0.15, 0.2) is 0 Å². The van der Waals surface area contributed by atoms with Gasteiger partial charge < -0.3 is 8.85 Å². The predicted octanol–water partition coefficient (Wildman–Crippen LogP) is 2.71. The third-order valence-corrected chi connectivity index (χ3v) is 9.72. The Kier molecular flexibility index (Phi) is 7.75. The monoisotopic (exact) mass is 344 g/mol. The molecular formula is C19H28O2Si2. The zero-order valence-electron chi connectivity index (χ0n) is 14.3. The average molecular weight is 345 g/mol. The number of rotatable bonds is 4. The van der Waals surface area contributed by atoms with E-state index in [2.05, 4.69) is 24.3 Å². The van der Waals surface area contributed by atoms with Gasteiger partial charge in [-0.15, -0.1) is 0 Å². The molecule has 0 N–H and O–H groups in total. The van der Waals surface area contributed by atoms with Crippen molar-refractivity contribution in [2.45, 2.75) is 31.4 Å². The van der Waals surface area contributed by atoms with Crippen LogP contribution in [0.15, 0.2) is 60.7 Å². The first-order valence-corrected chi connectivity index (χ1v) is 12.4. The lowest BCUT2D eigenvalue weighted by atomic mass is 10.3. The second-order valence-corrected chi connectivity index (χ2v) is 11.2. The molecule has 2 aromatic carbocycles. The Hall–Kier alpha value is -1.21. The smallest absolute Gasteiger partial charge is 0.391 e. The Morgan fingerprint density at radius 2 is 1.13 bits per heavy atom. The summed E-state index contributed by atoms with van der Waals surface area (Å²) in [6.07, 6.45) is 4.66. The van der Waals surface area contributed by atoms with Gasteiger partial charge in [-0.1, -0.05) is 92.0 Å². The molecule has 1 aliphatic rings.